The van der Waals surface area contributed by atoms with Crippen LogP contribution in [0.5, 0.6) is 5.75 Å². The van der Waals surface area contributed by atoms with Gasteiger partial charge in [-0.1, -0.05) is 65.3 Å². The molecule has 1 aliphatic heterocycles. The monoisotopic (exact) mass is 357 g/mol. The first-order valence-electron chi connectivity index (χ1n) is 9.31. The number of hydrogen-bond donors (Lipinski definition) is 0. The number of allylic oxidation sites excluding steroid dienone is 2. The molecular formula is C23H35NO2. The average molecular weight is 358 g/mol. The van der Waals surface area contributed by atoms with Crippen LogP contribution in [0, 0.1) is 5.92 Å². The lowest BCUT2D eigenvalue weighted by molar-refractivity contribution is 0.0251. The molecule has 26 heavy (non-hydrogen) atoms. The molecule has 0 aliphatic carbocycles. The van der Waals surface area contributed by atoms with E-state index in [9.17, 15) is 0 Å². The predicted molar refractivity (Wildman–Crippen MR) is 113 cm³/mol. The Bertz CT molecular complexity index is 629. The van der Waals surface area contributed by atoms with E-state index in [1.54, 1.807) is 0 Å². The van der Waals surface area contributed by atoms with Crippen molar-refractivity contribution in [2.75, 3.05) is 25.0 Å². The first-order valence-corrected chi connectivity index (χ1v) is 9.31. The van der Waals surface area contributed by atoms with Gasteiger partial charge in [-0.2, -0.15) is 0 Å². The first-order chi connectivity index (χ1) is 12.2. The molecule has 1 heterocycles. The number of hydrogen-bond acceptors (Lipinski definition) is 3. The fourth-order valence-electron chi connectivity index (χ4n) is 3.09. The van der Waals surface area contributed by atoms with E-state index in [-0.39, 0.29) is 14.2 Å². The summed E-state index contributed by atoms with van der Waals surface area (Å²) in [7, 11) is 0. The number of fused-ring (bicyclic) bond motifs is 1. The Morgan fingerprint density at radius 3 is 2.85 bits per heavy atom. The summed E-state index contributed by atoms with van der Waals surface area (Å²) in [6.07, 6.45) is 9.54. The quantitative estimate of drug-likeness (QED) is 0.396. The molecule has 0 radical (unpaired) electrons. The summed E-state index contributed by atoms with van der Waals surface area (Å²) in [6, 6.07) is 6.23. The summed E-state index contributed by atoms with van der Waals surface area (Å²) < 4.78 is 11.3. The third-order valence-electron chi connectivity index (χ3n) is 4.78. The van der Waals surface area contributed by atoms with Gasteiger partial charge in [0.2, 0.25) is 0 Å². The van der Waals surface area contributed by atoms with Crippen molar-refractivity contribution in [2.45, 2.75) is 53.9 Å². The molecule has 0 saturated heterocycles. The van der Waals surface area contributed by atoms with Gasteiger partial charge in [-0.15, -0.1) is 5.73 Å². The van der Waals surface area contributed by atoms with E-state index in [4.69, 9.17) is 9.47 Å². The van der Waals surface area contributed by atoms with Crippen molar-refractivity contribution in [3.05, 3.63) is 48.2 Å². The van der Waals surface area contributed by atoms with Crippen molar-refractivity contribution in [1.82, 2.24) is 0 Å². The van der Waals surface area contributed by atoms with Gasteiger partial charge in [0, 0.05) is 6.54 Å². The Morgan fingerprint density at radius 1 is 1.35 bits per heavy atom. The number of anilines is 1. The fourth-order valence-corrected chi connectivity index (χ4v) is 3.09. The van der Waals surface area contributed by atoms with Crippen molar-refractivity contribution >= 4 is 11.3 Å². The van der Waals surface area contributed by atoms with Gasteiger partial charge in [-0.25, -0.2) is 0 Å². The molecule has 1 aromatic carbocycles. The molecule has 0 bridgehead atoms. The lowest BCUT2D eigenvalue weighted by Gasteiger charge is -2.21. The molecule has 1 aliphatic rings. The van der Waals surface area contributed by atoms with Crippen molar-refractivity contribution in [3.8, 4) is 5.75 Å². The van der Waals surface area contributed by atoms with Gasteiger partial charge >= 0.3 is 0 Å². The second kappa shape index (κ2) is 11.6. The van der Waals surface area contributed by atoms with Crippen LogP contribution in [0.2, 0.25) is 0 Å². The number of rotatable bonds is 8. The summed E-state index contributed by atoms with van der Waals surface area (Å²) >= 11 is 0. The van der Waals surface area contributed by atoms with E-state index in [2.05, 4.69) is 55.3 Å². The standard InChI is InChI=1S/C22H31NO2.CH4/c1-5-10-19(7-3)11-8-9-14-23-16-24-17-25-22-15-20(18(4)6-2)12-13-21(22)23;/h8-9,12-13,15,19H,2,5,7,10-11,14,16-17H2,1,3-4H3;1H4/b9-8+;. The normalized spacial score (nSPS) is 14.7. The molecule has 0 saturated carbocycles. The largest absolute Gasteiger partial charge is 0.465 e. The lowest BCUT2D eigenvalue weighted by atomic mass is 9.97. The molecular weight excluding hydrogens is 322 g/mol. The third-order valence-corrected chi connectivity index (χ3v) is 4.78. The van der Waals surface area contributed by atoms with Crippen LogP contribution in [-0.2, 0) is 4.74 Å². The van der Waals surface area contributed by atoms with Crippen LogP contribution in [0.3, 0.4) is 0 Å². The Hall–Kier alpha value is -1.96. The summed E-state index contributed by atoms with van der Waals surface area (Å²) in [5.74, 6) is 1.66. The molecule has 0 spiro atoms. The minimum atomic E-state index is 0. The number of nitrogens with zero attached hydrogens (tertiary/aromatic N) is 1. The van der Waals surface area contributed by atoms with Gasteiger partial charge in [0.1, 0.15) is 12.5 Å². The van der Waals surface area contributed by atoms with E-state index in [0.29, 0.717) is 6.73 Å². The molecule has 2 rings (SSSR count). The van der Waals surface area contributed by atoms with E-state index in [0.717, 1.165) is 41.5 Å². The van der Waals surface area contributed by atoms with Gasteiger partial charge in [0.05, 0.1) is 5.69 Å². The maximum absolute atomic E-state index is 5.76. The highest BCUT2D eigenvalue weighted by atomic mass is 16.7. The molecule has 3 heteroatoms. The molecule has 3 nitrogen and oxygen atoms in total. The summed E-state index contributed by atoms with van der Waals surface area (Å²) in [5.41, 5.74) is 6.11. The topological polar surface area (TPSA) is 21.7 Å². The SMILES string of the molecule is C.C=C=C(C)c1ccc2c(c1)OCOCN2C/C=C/CC(CC)CCC. The lowest BCUT2D eigenvalue weighted by Crippen LogP contribution is -2.25. The zero-order valence-electron chi connectivity index (χ0n) is 15.9. The van der Waals surface area contributed by atoms with Crippen LogP contribution in [-0.4, -0.2) is 20.1 Å². The van der Waals surface area contributed by atoms with Gasteiger partial charge in [0.25, 0.3) is 0 Å². The third kappa shape index (κ3) is 6.09. The van der Waals surface area contributed by atoms with Crippen molar-refractivity contribution in [1.29, 1.82) is 0 Å². The van der Waals surface area contributed by atoms with E-state index in [1.165, 1.54) is 19.3 Å². The van der Waals surface area contributed by atoms with Gasteiger partial charge < -0.3 is 14.4 Å². The first kappa shape index (κ1) is 22.1. The summed E-state index contributed by atoms with van der Waals surface area (Å²) in [5, 5.41) is 0. The Balaban J connectivity index is 0.00000338. The minimum absolute atomic E-state index is 0. The van der Waals surface area contributed by atoms with Crippen LogP contribution in [0.15, 0.2) is 42.7 Å². The molecule has 0 aromatic heterocycles. The van der Waals surface area contributed by atoms with E-state index < -0.39 is 0 Å². The number of ether oxygens (including phenoxy) is 2. The maximum atomic E-state index is 5.76. The average Bonchev–Trinajstić information content (AvgIpc) is 2.85. The zero-order valence-corrected chi connectivity index (χ0v) is 15.9. The Labute approximate surface area is 160 Å². The van der Waals surface area contributed by atoms with Crippen molar-refractivity contribution in [2.24, 2.45) is 5.92 Å². The fraction of sp³-hybridized carbons (Fsp3) is 0.522. The van der Waals surface area contributed by atoms with Crippen LogP contribution < -0.4 is 9.64 Å². The highest BCUT2D eigenvalue weighted by Crippen LogP contribution is 2.33. The molecule has 1 atom stereocenters. The zero-order chi connectivity index (χ0) is 18.1. The molecule has 0 fully saturated rings. The molecule has 0 N–H and O–H groups in total. The van der Waals surface area contributed by atoms with E-state index >= 15 is 0 Å². The Morgan fingerprint density at radius 2 is 2.15 bits per heavy atom. The van der Waals surface area contributed by atoms with Crippen LogP contribution in [0.1, 0.15) is 59.4 Å². The van der Waals surface area contributed by atoms with Crippen LogP contribution in [0.4, 0.5) is 5.69 Å². The Kier molecular flexibility index (Phi) is 9.87. The maximum Gasteiger partial charge on any atom is 0.191 e. The summed E-state index contributed by atoms with van der Waals surface area (Å²) in [4.78, 5) is 2.20. The van der Waals surface area contributed by atoms with Crippen molar-refractivity contribution in [3.63, 3.8) is 0 Å². The molecule has 1 aromatic rings. The summed E-state index contributed by atoms with van der Waals surface area (Å²) in [6.45, 7) is 11.9. The van der Waals surface area contributed by atoms with Gasteiger partial charge in [0.15, 0.2) is 6.79 Å². The molecule has 1 unspecified atom stereocenters. The van der Waals surface area contributed by atoms with Crippen LogP contribution in [0.25, 0.3) is 5.57 Å². The second-order valence-electron chi connectivity index (χ2n) is 6.57. The molecule has 144 valence electrons. The predicted octanol–water partition coefficient (Wildman–Crippen LogP) is 6.41. The highest BCUT2D eigenvalue weighted by molar-refractivity contribution is 5.70. The molecule has 0 amide bonds. The van der Waals surface area contributed by atoms with Gasteiger partial charge in [-0.05, 0) is 42.5 Å². The van der Waals surface area contributed by atoms with E-state index in [1.807, 2.05) is 13.0 Å². The highest BCUT2D eigenvalue weighted by Gasteiger charge is 2.16. The number of benzene rings is 1. The van der Waals surface area contributed by atoms with Gasteiger partial charge in [-0.3, -0.25) is 0 Å². The second-order valence-corrected chi connectivity index (χ2v) is 6.57. The smallest absolute Gasteiger partial charge is 0.191 e. The van der Waals surface area contributed by atoms with Crippen molar-refractivity contribution < 1.29 is 9.47 Å². The van der Waals surface area contributed by atoms with Crippen LogP contribution >= 0.6 is 0 Å². The minimum Gasteiger partial charge on any atom is -0.465 e.